The Hall–Kier alpha value is -3.79. The van der Waals surface area contributed by atoms with Gasteiger partial charge in [0.2, 0.25) is 0 Å². The fraction of sp³-hybridized carbons (Fsp3) is 0.217. The number of ether oxygens (including phenoxy) is 2. The van der Waals surface area contributed by atoms with Crippen molar-refractivity contribution >= 4 is 34.8 Å². The maximum Gasteiger partial charge on any atom is 0.250 e. The number of hydrogen-bond donors (Lipinski definition) is 2. The van der Waals surface area contributed by atoms with Gasteiger partial charge in [-0.1, -0.05) is 30.0 Å². The predicted molar refractivity (Wildman–Crippen MR) is 129 cm³/mol. The van der Waals surface area contributed by atoms with E-state index in [0.29, 0.717) is 29.0 Å². The van der Waals surface area contributed by atoms with E-state index in [4.69, 9.17) is 9.47 Å². The molecule has 0 atom stereocenters. The second kappa shape index (κ2) is 10.2. The van der Waals surface area contributed by atoms with Gasteiger partial charge in [-0.3, -0.25) is 4.79 Å². The number of fused-ring (bicyclic) bond motifs is 1. The monoisotopic (exact) mass is 464 g/mol. The quantitative estimate of drug-likeness (QED) is 0.222. The summed E-state index contributed by atoms with van der Waals surface area (Å²) in [5.74, 6) is 1.88. The SMILES string of the molecule is CCn1c(SCC(=O)NN=Cc2c[nH]c3ccccc23)nnc1-c1ccc(OC)c(OC)c1. The summed E-state index contributed by atoms with van der Waals surface area (Å²) >= 11 is 1.30. The number of carbonyl (C=O) groups is 1. The smallest absolute Gasteiger partial charge is 0.250 e. The molecule has 10 heteroatoms. The Labute approximate surface area is 195 Å². The zero-order chi connectivity index (χ0) is 23.2. The minimum absolute atomic E-state index is 0.162. The molecule has 2 N–H and O–H groups in total. The highest BCUT2D eigenvalue weighted by molar-refractivity contribution is 7.99. The van der Waals surface area contributed by atoms with Crippen LogP contribution in [0.15, 0.2) is 58.9 Å². The average Bonchev–Trinajstić information content (AvgIpc) is 3.46. The van der Waals surface area contributed by atoms with Gasteiger partial charge in [-0.2, -0.15) is 5.10 Å². The van der Waals surface area contributed by atoms with E-state index >= 15 is 0 Å². The molecule has 4 aromatic rings. The van der Waals surface area contributed by atoms with Crippen molar-refractivity contribution in [2.24, 2.45) is 5.10 Å². The Balaban J connectivity index is 1.40. The molecule has 0 radical (unpaired) electrons. The molecule has 1 amide bonds. The molecule has 0 aliphatic rings. The van der Waals surface area contributed by atoms with Crippen molar-refractivity contribution in [2.45, 2.75) is 18.6 Å². The number of hydrazone groups is 1. The van der Waals surface area contributed by atoms with Crippen LogP contribution in [0.25, 0.3) is 22.3 Å². The Kier molecular flexibility index (Phi) is 6.94. The number of benzene rings is 2. The van der Waals surface area contributed by atoms with Crippen molar-refractivity contribution in [3.05, 3.63) is 54.2 Å². The molecule has 0 unspecified atom stereocenters. The molecule has 0 aliphatic heterocycles. The molecule has 2 aromatic carbocycles. The number of amides is 1. The van der Waals surface area contributed by atoms with E-state index in [-0.39, 0.29) is 11.7 Å². The molecule has 0 saturated carbocycles. The first kappa shape index (κ1) is 22.4. The number of nitrogens with zero attached hydrogens (tertiary/aromatic N) is 4. The largest absolute Gasteiger partial charge is 0.493 e. The summed E-state index contributed by atoms with van der Waals surface area (Å²) in [7, 11) is 3.18. The lowest BCUT2D eigenvalue weighted by Crippen LogP contribution is -2.20. The molecule has 4 rings (SSSR count). The van der Waals surface area contributed by atoms with E-state index in [9.17, 15) is 4.79 Å². The van der Waals surface area contributed by atoms with Crippen molar-refractivity contribution < 1.29 is 14.3 Å². The van der Waals surface area contributed by atoms with Gasteiger partial charge in [0, 0.05) is 34.8 Å². The van der Waals surface area contributed by atoms with Crippen LogP contribution in [-0.2, 0) is 11.3 Å². The van der Waals surface area contributed by atoms with E-state index in [1.165, 1.54) is 11.8 Å². The van der Waals surface area contributed by atoms with Crippen LogP contribution in [0.3, 0.4) is 0 Å². The van der Waals surface area contributed by atoms with Gasteiger partial charge < -0.3 is 19.0 Å². The third-order valence-corrected chi connectivity index (χ3v) is 5.99. The summed E-state index contributed by atoms with van der Waals surface area (Å²) in [6, 6.07) is 13.5. The van der Waals surface area contributed by atoms with Crippen LogP contribution in [0.1, 0.15) is 12.5 Å². The molecule has 0 spiro atoms. The van der Waals surface area contributed by atoms with Crippen LogP contribution < -0.4 is 14.9 Å². The maximum absolute atomic E-state index is 12.3. The van der Waals surface area contributed by atoms with E-state index in [0.717, 1.165) is 22.0 Å². The Morgan fingerprint density at radius 2 is 2.00 bits per heavy atom. The fourth-order valence-electron chi connectivity index (χ4n) is 3.41. The lowest BCUT2D eigenvalue weighted by atomic mass is 10.2. The van der Waals surface area contributed by atoms with Gasteiger partial charge in [-0.05, 0) is 31.2 Å². The molecule has 0 saturated heterocycles. The van der Waals surface area contributed by atoms with Crippen molar-refractivity contribution in [2.75, 3.05) is 20.0 Å². The second-order valence-electron chi connectivity index (χ2n) is 6.99. The van der Waals surface area contributed by atoms with E-state index in [1.54, 1.807) is 20.4 Å². The number of rotatable bonds is 9. The lowest BCUT2D eigenvalue weighted by molar-refractivity contribution is -0.118. The van der Waals surface area contributed by atoms with Gasteiger partial charge in [-0.25, -0.2) is 5.43 Å². The molecule has 2 heterocycles. The van der Waals surface area contributed by atoms with Crippen molar-refractivity contribution in [3.63, 3.8) is 0 Å². The van der Waals surface area contributed by atoms with E-state index < -0.39 is 0 Å². The highest BCUT2D eigenvalue weighted by Gasteiger charge is 2.16. The molecule has 9 nitrogen and oxygen atoms in total. The van der Waals surface area contributed by atoms with Gasteiger partial charge in [0.1, 0.15) is 0 Å². The first-order valence-corrected chi connectivity index (χ1v) is 11.3. The number of para-hydroxylation sites is 1. The summed E-state index contributed by atoms with van der Waals surface area (Å²) < 4.78 is 12.6. The number of aromatic nitrogens is 4. The van der Waals surface area contributed by atoms with Crippen LogP contribution in [0.4, 0.5) is 0 Å². The van der Waals surface area contributed by atoms with Crippen LogP contribution in [0, 0.1) is 0 Å². The van der Waals surface area contributed by atoms with E-state index in [2.05, 4.69) is 25.7 Å². The summed E-state index contributed by atoms with van der Waals surface area (Å²) in [6.07, 6.45) is 3.49. The van der Waals surface area contributed by atoms with Crippen LogP contribution in [0.2, 0.25) is 0 Å². The number of methoxy groups -OCH3 is 2. The topological polar surface area (TPSA) is 106 Å². The molecule has 2 aromatic heterocycles. The first-order valence-electron chi connectivity index (χ1n) is 10.3. The fourth-order valence-corrected chi connectivity index (χ4v) is 4.20. The number of H-pyrrole nitrogens is 1. The normalized spacial score (nSPS) is 11.2. The van der Waals surface area contributed by atoms with Crippen LogP contribution in [0.5, 0.6) is 11.5 Å². The van der Waals surface area contributed by atoms with Crippen molar-refractivity contribution in [1.29, 1.82) is 0 Å². The molecule has 170 valence electrons. The van der Waals surface area contributed by atoms with Gasteiger partial charge >= 0.3 is 0 Å². The lowest BCUT2D eigenvalue weighted by Gasteiger charge is -2.10. The van der Waals surface area contributed by atoms with Crippen molar-refractivity contribution in [3.8, 4) is 22.9 Å². The highest BCUT2D eigenvalue weighted by Crippen LogP contribution is 2.32. The number of nitrogens with one attached hydrogen (secondary N) is 2. The number of carbonyl (C=O) groups excluding carboxylic acids is 1. The molecular weight excluding hydrogens is 440 g/mol. The minimum Gasteiger partial charge on any atom is -0.493 e. The second-order valence-corrected chi connectivity index (χ2v) is 7.93. The molecule has 0 aliphatic carbocycles. The standard InChI is InChI=1S/C23H24N6O3S/c1-4-29-22(15-9-10-19(31-2)20(11-15)32-3)27-28-23(29)33-14-21(30)26-25-13-16-12-24-18-8-6-5-7-17(16)18/h5-13,24H,4,14H2,1-3H3,(H,26,30). The Bertz CT molecular complexity index is 1300. The zero-order valence-corrected chi connectivity index (χ0v) is 19.3. The summed E-state index contributed by atoms with van der Waals surface area (Å²) in [4.78, 5) is 15.5. The Morgan fingerprint density at radius 3 is 2.79 bits per heavy atom. The third-order valence-electron chi connectivity index (χ3n) is 5.02. The maximum atomic E-state index is 12.3. The van der Waals surface area contributed by atoms with Crippen LogP contribution in [-0.4, -0.2) is 51.8 Å². The molecular formula is C23H24N6O3S. The van der Waals surface area contributed by atoms with Gasteiger partial charge in [0.15, 0.2) is 22.5 Å². The van der Waals surface area contributed by atoms with Crippen molar-refractivity contribution in [1.82, 2.24) is 25.2 Å². The van der Waals surface area contributed by atoms with E-state index in [1.807, 2.05) is 60.2 Å². The van der Waals surface area contributed by atoms with Gasteiger partial charge in [-0.15, -0.1) is 10.2 Å². The first-order chi connectivity index (χ1) is 16.1. The third kappa shape index (κ3) is 4.85. The van der Waals surface area contributed by atoms with Gasteiger partial charge in [0.25, 0.3) is 5.91 Å². The predicted octanol–water partition coefficient (Wildman–Crippen LogP) is 3.71. The van der Waals surface area contributed by atoms with Crippen LogP contribution >= 0.6 is 11.8 Å². The highest BCUT2D eigenvalue weighted by atomic mass is 32.2. The minimum atomic E-state index is -0.227. The zero-order valence-electron chi connectivity index (χ0n) is 18.5. The summed E-state index contributed by atoms with van der Waals surface area (Å²) in [5, 5.41) is 14.4. The number of aromatic amines is 1. The molecule has 0 bridgehead atoms. The average molecular weight is 465 g/mol. The summed E-state index contributed by atoms with van der Waals surface area (Å²) in [6.45, 7) is 2.66. The summed E-state index contributed by atoms with van der Waals surface area (Å²) in [5.41, 5.74) is 5.34. The molecule has 0 fully saturated rings. The number of thioether (sulfide) groups is 1. The molecule has 33 heavy (non-hydrogen) atoms. The Morgan fingerprint density at radius 1 is 1.18 bits per heavy atom. The van der Waals surface area contributed by atoms with Gasteiger partial charge in [0.05, 0.1) is 26.2 Å². The number of hydrogen-bond acceptors (Lipinski definition) is 7.